The lowest BCUT2D eigenvalue weighted by molar-refractivity contribution is -0.133. The second-order valence-electron chi connectivity index (χ2n) is 6.60. The molecule has 1 amide bonds. The van der Waals surface area contributed by atoms with Crippen molar-refractivity contribution in [3.05, 3.63) is 29.3 Å². The largest absolute Gasteiger partial charge is 0.491 e. The van der Waals surface area contributed by atoms with Gasteiger partial charge in [0.1, 0.15) is 12.4 Å². The Morgan fingerprint density at radius 2 is 1.96 bits per heavy atom. The molecule has 0 bridgehead atoms. The van der Waals surface area contributed by atoms with Crippen molar-refractivity contribution in [2.45, 2.75) is 33.1 Å². The van der Waals surface area contributed by atoms with Crippen molar-refractivity contribution in [3.63, 3.8) is 0 Å². The molecule has 5 heteroatoms. The monoisotopic (exact) mass is 352 g/mol. The van der Waals surface area contributed by atoms with E-state index in [2.05, 4.69) is 18.7 Å². The molecule has 1 aliphatic rings. The maximum Gasteiger partial charge on any atom is 0.222 e. The first-order chi connectivity index (χ1) is 11.6. The first-order valence-corrected chi connectivity index (χ1v) is 9.35. The van der Waals surface area contributed by atoms with Gasteiger partial charge in [0.15, 0.2) is 0 Å². The Labute approximate surface area is 150 Å². The van der Waals surface area contributed by atoms with Crippen LogP contribution in [0.4, 0.5) is 0 Å². The molecule has 1 aromatic carbocycles. The number of amides is 1. The number of para-hydroxylation sites is 1. The van der Waals surface area contributed by atoms with E-state index in [4.69, 9.17) is 16.3 Å². The zero-order valence-electron chi connectivity index (χ0n) is 14.8. The molecule has 1 aromatic rings. The van der Waals surface area contributed by atoms with E-state index in [9.17, 15) is 4.79 Å². The first kappa shape index (κ1) is 19.1. The minimum atomic E-state index is 0.308. The molecular formula is C19H29ClN2O2. The van der Waals surface area contributed by atoms with Crippen molar-refractivity contribution in [1.29, 1.82) is 0 Å². The molecule has 1 atom stereocenters. The van der Waals surface area contributed by atoms with Gasteiger partial charge in [-0.05, 0) is 18.1 Å². The fourth-order valence-corrected chi connectivity index (χ4v) is 3.28. The minimum Gasteiger partial charge on any atom is -0.491 e. The average molecular weight is 353 g/mol. The molecule has 1 saturated heterocycles. The molecular weight excluding hydrogens is 324 g/mol. The van der Waals surface area contributed by atoms with Crippen molar-refractivity contribution in [3.8, 4) is 5.75 Å². The van der Waals surface area contributed by atoms with E-state index in [-0.39, 0.29) is 0 Å². The standard InChI is InChI=1S/C19H29ClN2O2/c1-3-6-16(2)15-19(23)22-11-9-21(10-12-22)13-14-24-18-8-5-4-7-17(18)20/h4-5,7-8,16H,3,6,9-15H2,1-2H3. The molecule has 1 unspecified atom stereocenters. The van der Waals surface area contributed by atoms with Gasteiger partial charge in [-0.15, -0.1) is 0 Å². The highest BCUT2D eigenvalue weighted by Crippen LogP contribution is 2.23. The zero-order valence-corrected chi connectivity index (χ0v) is 15.6. The number of nitrogens with zero attached hydrogens (tertiary/aromatic N) is 2. The number of halogens is 1. The van der Waals surface area contributed by atoms with Crippen LogP contribution in [0.2, 0.25) is 5.02 Å². The molecule has 0 aliphatic carbocycles. The molecule has 134 valence electrons. The summed E-state index contributed by atoms with van der Waals surface area (Å²) in [6.45, 7) is 9.30. The third-order valence-electron chi connectivity index (χ3n) is 4.53. The van der Waals surface area contributed by atoms with Gasteiger partial charge in [0.2, 0.25) is 5.91 Å². The lowest BCUT2D eigenvalue weighted by Gasteiger charge is -2.35. The second kappa shape index (κ2) is 9.90. The Bertz CT molecular complexity index is 516. The molecule has 2 rings (SSSR count). The Kier molecular flexibility index (Phi) is 7.86. The van der Waals surface area contributed by atoms with Crippen LogP contribution in [0.1, 0.15) is 33.1 Å². The molecule has 0 aromatic heterocycles. The summed E-state index contributed by atoms with van der Waals surface area (Å²) in [4.78, 5) is 16.6. The molecule has 24 heavy (non-hydrogen) atoms. The number of carbonyl (C=O) groups is 1. The van der Waals surface area contributed by atoms with Crippen molar-refractivity contribution >= 4 is 17.5 Å². The van der Waals surface area contributed by atoms with Gasteiger partial charge in [-0.25, -0.2) is 0 Å². The Balaban J connectivity index is 1.65. The molecule has 1 aliphatic heterocycles. The SMILES string of the molecule is CCCC(C)CC(=O)N1CCN(CCOc2ccccc2Cl)CC1. The highest BCUT2D eigenvalue weighted by molar-refractivity contribution is 6.32. The Morgan fingerprint density at radius 1 is 1.25 bits per heavy atom. The summed E-state index contributed by atoms with van der Waals surface area (Å²) in [7, 11) is 0. The molecule has 0 radical (unpaired) electrons. The van der Waals surface area contributed by atoms with E-state index in [1.165, 1.54) is 0 Å². The lowest BCUT2D eigenvalue weighted by Crippen LogP contribution is -2.49. The molecule has 0 spiro atoms. The van der Waals surface area contributed by atoms with Crippen LogP contribution >= 0.6 is 11.6 Å². The van der Waals surface area contributed by atoms with Crippen LogP contribution in [0.25, 0.3) is 0 Å². The van der Waals surface area contributed by atoms with E-state index in [0.29, 0.717) is 29.9 Å². The van der Waals surface area contributed by atoms with Gasteiger partial charge in [0.05, 0.1) is 5.02 Å². The Hall–Kier alpha value is -1.26. The van der Waals surface area contributed by atoms with Crippen molar-refractivity contribution < 1.29 is 9.53 Å². The molecule has 1 fully saturated rings. The van der Waals surface area contributed by atoms with Gasteiger partial charge in [-0.3, -0.25) is 9.69 Å². The first-order valence-electron chi connectivity index (χ1n) is 8.97. The highest BCUT2D eigenvalue weighted by Gasteiger charge is 2.22. The third-order valence-corrected chi connectivity index (χ3v) is 4.84. The summed E-state index contributed by atoms with van der Waals surface area (Å²) in [5.41, 5.74) is 0. The minimum absolute atomic E-state index is 0.308. The second-order valence-corrected chi connectivity index (χ2v) is 7.01. The molecule has 0 N–H and O–H groups in total. The van der Waals surface area contributed by atoms with E-state index >= 15 is 0 Å². The highest BCUT2D eigenvalue weighted by atomic mass is 35.5. The Morgan fingerprint density at radius 3 is 2.62 bits per heavy atom. The molecule has 1 heterocycles. The van der Waals surface area contributed by atoms with Crippen molar-refractivity contribution in [2.24, 2.45) is 5.92 Å². The number of rotatable bonds is 8. The quantitative estimate of drug-likeness (QED) is 0.715. The zero-order chi connectivity index (χ0) is 17.4. The van der Waals surface area contributed by atoms with Gasteiger partial charge >= 0.3 is 0 Å². The summed E-state index contributed by atoms with van der Waals surface area (Å²) < 4.78 is 5.74. The fourth-order valence-electron chi connectivity index (χ4n) is 3.09. The number of hydrogen-bond acceptors (Lipinski definition) is 3. The predicted molar refractivity (Wildman–Crippen MR) is 98.7 cm³/mol. The summed E-state index contributed by atoms with van der Waals surface area (Å²) >= 11 is 6.08. The predicted octanol–water partition coefficient (Wildman–Crippen LogP) is 3.69. The van der Waals surface area contributed by atoms with Crippen LogP contribution in [0, 0.1) is 5.92 Å². The van der Waals surface area contributed by atoms with Crippen molar-refractivity contribution in [2.75, 3.05) is 39.3 Å². The van der Waals surface area contributed by atoms with E-state index in [1.54, 1.807) is 0 Å². The average Bonchev–Trinajstić information content (AvgIpc) is 2.57. The third kappa shape index (κ3) is 5.99. The molecule has 0 saturated carbocycles. The summed E-state index contributed by atoms with van der Waals surface area (Å²) in [6.07, 6.45) is 2.96. The number of ether oxygens (including phenoxy) is 1. The summed E-state index contributed by atoms with van der Waals surface area (Å²) in [5.74, 6) is 1.53. The maximum absolute atomic E-state index is 12.3. The number of piperazine rings is 1. The van der Waals surface area contributed by atoms with Crippen molar-refractivity contribution in [1.82, 2.24) is 9.80 Å². The lowest BCUT2D eigenvalue weighted by atomic mass is 10.0. The smallest absolute Gasteiger partial charge is 0.222 e. The summed E-state index contributed by atoms with van der Waals surface area (Å²) in [6, 6.07) is 7.54. The topological polar surface area (TPSA) is 32.8 Å². The van der Waals surface area contributed by atoms with Crippen LogP contribution in [-0.2, 0) is 4.79 Å². The van der Waals surface area contributed by atoms with Gasteiger partial charge in [0.25, 0.3) is 0 Å². The van der Waals surface area contributed by atoms with E-state index < -0.39 is 0 Å². The van der Waals surface area contributed by atoms with Crippen LogP contribution in [0.3, 0.4) is 0 Å². The van der Waals surface area contributed by atoms with Crippen LogP contribution in [0.5, 0.6) is 5.75 Å². The maximum atomic E-state index is 12.3. The van der Waals surface area contributed by atoms with Crippen LogP contribution < -0.4 is 4.74 Å². The fraction of sp³-hybridized carbons (Fsp3) is 0.632. The van der Waals surface area contributed by atoms with E-state index in [0.717, 1.165) is 51.3 Å². The van der Waals surface area contributed by atoms with Gasteiger partial charge in [-0.1, -0.05) is 50.4 Å². The van der Waals surface area contributed by atoms with E-state index in [1.807, 2.05) is 29.2 Å². The molecule has 4 nitrogen and oxygen atoms in total. The normalized spacial score (nSPS) is 16.9. The number of carbonyl (C=O) groups excluding carboxylic acids is 1. The van der Waals surface area contributed by atoms with Crippen LogP contribution in [0.15, 0.2) is 24.3 Å². The van der Waals surface area contributed by atoms with Gasteiger partial charge in [0, 0.05) is 39.1 Å². The van der Waals surface area contributed by atoms with Gasteiger partial charge in [-0.2, -0.15) is 0 Å². The van der Waals surface area contributed by atoms with Crippen LogP contribution in [-0.4, -0.2) is 55.0 Å². The number of benzene rings is 1. The van der Waals surface area contributed by atoms with Gasteiger partial charge < -0.3 is 9.64 Å². The number of hydrogen-bond donors (Lipinski definition) is 0. The summed E-state index contributed by atoms with van der Waals surface area (Å²) in [5, 5.41) is 0.647.